The molecule has 2 rings (SSSR count). The standard InChI is InChI=1S/C16H22N2O3/c1-3-21-16(20)18-10-8-15(9-11-18)17-14-6-4-13(5-7-14)12(2)19/h4-7,15,17H,3,8-11H2,1-2H3. The third-order valence-corrected chi connectivity index (χ3v) is 3.68. The number of hydrogen-bond acceptors (Lipinski definition) is 4. The first-order valence-electron chi connectivity index (χ1n) is 7.39. The van der Waals surface area contributed by atoms with Gasteiger partial charge < -0.3 is 15.0 Å². The normalized spacial score (nSPS) is 15.6. The van der Waals surface area contributed by atoms with Crippen LogP contribution in [0.5, 0.6) is 0 Å². The van der Waals surface area contributed by atoms with Crippen LogP contribution in [0.15, 0.2) is 24.3 Å². The molecule has 114 valence electrons. The van der Waals surface area contributed by atoms with Crippen LogP contribution >= 0.6 is 0 Å². The first kappa shape index (κ1) is 15.4. The number of carbonyl (C=O) groups excluding carboxylic acids is 2. The van der Waals surface area contributed by atoms with Crippen molar-refractivity contribution in [3.63, 3.8) is 0 Å². The Morgan fingerprint density at radius 3 is 2.38 bits per heavy atom. The molecular formula is C16H22N2O3. The molecule has 1 amide bonds. The third kappa shape index (κ3) is 4.21. The van der Waals surface area contributed by atoms with Gasteiger partial charge in [-0.05, 0) is 51.0 Å². The Bertz CT molecular complexity index is 491. The van der Waals surface area contributed by atoms with Crippen molar-refractivity contribution in [2.45, 2.75) is 32.7 Å². The number of rotatable bonds is 4. The fourth-order valence-electron chi connectivity index (χ4n) is 2.46. The molecule has 0 bridgehead atoms. The van der Waals surface area contributed by atoms with Gasteiger partial charge in [0.2, 0.25) is 0 Å². The van der Waals surface area contributed by atoms with Gasteiger partial charge in [-0.3, -0.25) is 4.79 Å². The van der Waals surface area contributed by atoms with Gasteiger partial charge in [0.05, 0.1) is 6.61 Å². The van der Waals surface area contributed by atoms with E-state index in [1.807, 2.05) is 31.2 Å². The molecule has 0 unspecified atom stereocenters. The Balaban J connectivity index is 1.83. The monoisotopic (exact) mass is 290 g/mol. The highest BCUT2D eigenvalue weighted by molar-refractivity contribution is 5.94. The molecule has 1 fully saturated rings. The Morgan fingerprint density at radius 1 is 1.24 bits per heavy atom. The van der Waals surface area contributed by atoms with E-state index in [2.05, 4.69) is 5.32 Å². The summed E-state index contributed by atoms with van der Waals surface area (Å²) >= 11 is 0. The lowest BCUT2D eigenvalue weighted by molar-refractivity contribution is 0.0981. The largest absolute Gasteiger partial charge is 0.450 e. The number of hydrogen-bond donors (Lipinski definition) is 1. The SMILES string of the molecule is CCOC(=O)N1CCC(Nc2ccc(C(C)=O)cc2)CC1. The lowest BCUT2D eigenvalue weighted by Gasteiger charge is -2.32. The van der Waals surface area contributed by atoms with Gasteiger partial charge in [-0.25, -0.2) is 4.79 Å². The minimum Gasteiger partial charge on any atom is -0.450 e. The highest BCUT2D eigenvalue weighted by atomic mass is 16.6. The average molecular weight is 290 g/mol. The molecule has 5 heteroatoms. The van der Waals surface area contributed by atoms with Crippen molar-refractivity contribution in [1.29, 1.82) is 0 Å². The molecule has 1 aromatic carbocycles. The molecule has 5 nitrogen and oxygen atoms in total. The number of benzene rings is 1. The molecule has 1 heterocycles. The molecule has 1 aliphatic heterocycles. The predicted molar refractivity (Wildman–Crippen MR) is 81.7 cm³/mol. The minimum atomic E-state index is -0.221. The van der Waals surface area contributed by atoms with Crippen molar-refractivity contribution in [2.75, 3.05) is 25.0 Å². The number of piperidine rings is 1. The maximum Gasteiger partial charge on any atom is 0.409 e. The van der Waals surface area contributed by atoms with Gasteiger partial charge in [0, 0.05) is 30.4 Å². The number of Topliss-reactive ketones (excluding diaryl/α,β-unsaturated/α-hetero) is 1. The fourth-order valence-corrected chi connectivity index (χ4v) is 2.46. The number of nitrogens with zero attached hydrogens (tertiary/aromatic N) is 1. The Labute approximate surface area is 125 Å². The zero-order valence-corrected chi connectivity index (χ0v) is 12.6. The maximum absolute atomic E-state index is 11.6. The minimum absolute atomic E-state index is 0.0734. The number of ketones is 1. The lowest BCUT2D eigenvalue weighted by Crippen LogP contribution is -2.42. The van der Waals surface area contributed by atoms with E-state index in [0.29, 0.717) is 25.7 Å². The average Bonchev–Trinajstić information content (AvgIpc) is 2.49. The van der Waals surface area contributed by atoms with Crippen LogP contribution in [-0.2, 0) is 4.74 Å². The summed E-state index contributed by atoms with van der Waals surface area (Å²) in [6, 6.07) is 7.86. The Kier molecular flexibility index (Phi) is 5.20. The first-order valence-corrected chi connectivity index (χ1v) is 7.39. The van der Waals surface area contributed by atoms with Crippen LogP contribution in [0.1, 0.15) is 37.0 Å². The van der Waals surface area contributed by atoms with E-state index < -0.39 is 0 Å². The molecule has 21 heavy (non-hydrogen) atoms. The molecule has 0 saturated carbocycles. The summed E-state index contributed by atoms with van der Waals surface area (Å²) in [5, 5.41) is 3.45. The summed E-state index contributed by atoms with van der Waals surface area (Å²) in [5.41, 5.74) is 1.73. The molecule has 0 aromatic heterocycles. The molecule has 1 saturated heterocycles. The molecule has 1 aliphatic rings. The van der Waals surface area contributed by atoms with Gasteiger partial charge in [0.1, 0.15) is 0 Å². The van der Waals surface area contributed by atoms with Gasteiger partial charge in [-0.1, -0.05) is 0 Å². The van der Waals surface area contributed by atoms with Crippen LogP contribution in [-0.4, -0.2) is 42.5 Å². The topological polar surface area (TPSA) is 58.6 Å². The zero-order valence-electron chi connectivity index (χ0n) is 12.6. The molecule has 1 aromatic rings. The summed E-state index contributed by atoms with van der Waals surface area (Å²) in [5.74, 6) is 0.0734. The van der Waals surface area contributed by atoms with E-state index in [1.165, 1.54) is 0 Å². The van der Waals surface area contributed by atoms with Crippen molar-refractivity contribution >= 4 is 17.6 Å². The maximum atomic E-state index is 11.6. The number of anilines is 1. The smallest absolute Gasteiger partial charge is 0.409 e. The number of nitrogens with one attached hydrogen (secondary N) is 1. The highest BCUT2D eigenvalue weighted by Crippen LogP contribution is 2.18. The quantitative estimate of drug-likeness (QED) is 0.866. The third-order valence-electron chi connectivity index (χ3n) is 3.68. The second-order valence-electron chi connectivity index (χ2n) is 5.24. The summed E-state index contributed by atoms with van der Waals surface area (Å²) in [7, 11) is 0. The summed E-state index contributed by atoms with van der Waals surface area (Å²) in [4.78, 5) is 24.6. The number of amides is 1. The lowest BCUT2D eigenvalue weighted by atomic mass is 10.0. The van der Waals surface area contributed by atoms with Crippen LogP contribution in [0.4, 0.5) is 10.5 Å². The molecule has 0 radical (unpaired) electrons. The van der Waals surface area contributed by atoms with Crippen LogP contribution in [0, 0.1) is 0 Å². The van der Waals surface area contributed by atoms with Crippen LogP contribution in [0.2, 0.25) is 0 Å². The summed E-state index contributed by atoms with van der Waals surface area (Å²) in [6.45, 7) is 5.22. The number of carbonyl (C=O) groups is 2. The van der Waals surface area contributed by atoms with Crippen molar-refractivity contribution < 1.29 is 14.3 Å². The van der Waals surface area contributed by atoms with Crippen LogP contribution in [0.3, 0.4) is 0 Å². The predicted octanol–water partition coefficient (Wildman–Crippen LogP) is 2.92. The van der Waals surface area contributed by atoms with Crippen molar-refractivity contribution in [2.24, 2.45) is 0 Å². The van der Waals surface area contributed by atoms with Crippen molar-refractivity contribution in [3.8, 4) is 0 Å². The van der Waals surface area contributed by atoms with E-state index in [9.17, 15) is 9.59 Å². The van der Waals surface area contributed by atoms with Gasteiger partial charge in [0.25, 0.3) is 0 Å². The molecule has 1 N–H and O–H groups in total. The van der Waals surface area contributed by atoms with E-state index in [0.717, 1.165) is 24.1 Å². The fraction of sp³-hybridized carbons (Fsp3) is 0.500. The Hall–Kier alpha value is -2.04. The number of likely N-dealkylation sites (tertiary alicyclic amines) is 1. The molecular weight excluding hydrogens is 268 g/mol. The van der Waals surface area contributed by atoms with Crippen molar-refractivity contribution in [3.05, 3.63) is 29.8 Å². The van der Waals surface area contributed by atoms with E-state index in [-0.39, 0.29) is 11.9 Å². The summed E-state index contributed by atoms with van der Waals surface area (Å²) < 4.78 is 5.01. The van der Waals surface area contributed by atoms with E-state index >= 15 is 0 Å². The second-order valence-corrected chi connectivity index (χ2v) is 5.24. The summed E-state index contributed by atoms with van der Waals surface area (Å²) in [6.07, 6.45) is 1.57. The second kappa shape index (κ2) is 7.11. The van der Waals surface area contributed by atoms with Crippen molar-refractivity contribution in [1.82, 2.24) is 4.90 Å². The first-order chi connectivity index (χ1) is 10.1. The van der Waals surface area contributed by atoms with Gasteiger partial charge in [-0.15, -0.1) is 0 Å². The van der Waals surface area contributed by atoms with Gasteiger partial charge in [-0.2, -0.15) is 0 Å². The van der Waals surface area contributed by atoms with Gasteiger partial charge in [0.15, 0.2) is 5.78 Å². The molecule has 0 aliphatic carbocycles. The molecule has 0 atom stereocenters. The van der Waals surface area contributed by atoms with E-state index in [4.69, 9.17) is 4.74 Å². The molecule has 0 spiro atoms. The van der Waals surface area contributed by atoms with Gasteiger partial charge >= 0.3 is 6.09 Å². The van der Waals surface area contributed by atoms with Crippen LogP contribution < -0.4 is 5.32 Å². The number of ether oxygens (including phenoxy) is 1. The van der Waals surface area contributed by atoms with Crippen LogP contribution in [0.25, 0.3) is 0 Å². The zero-order chi connectivity index (χ0) is 15.2. The van der Waals surface area contributed by atoms with E-state index in [1.54, 1.807) is 11.8 Å². The Morgan fingerprint density at radius 2 is 1.86 bits per heavy atom. The highest BCUT2D eigenvalue weighted by Gasteiger charge is 2.23.